The second kappa shape index (κ2) is 7.79. The Labute approximate surface area is 173 Å². The third-order valence-corrected chi connectivity index (χ3v) is 8.87. The Morgan fingerprint density at radius 1 is 1.18 bits per heavy atom. The molecule has 4 aliphatic carbocycles. The van der Waals surface area contributed by atoms with Crippen molar-refractivity contribution in [3.63, 3.8) is 0 Å². The summed E-state index contributed by atoms with van der Waals surface area (Å²) in [4.78, 5) is 23.8. The van der Waals surface area contributed by atoms with Gasteiger partial charge in [0.05, 0.1) is 12.5 Å². The SMILES string of the molecule is CSCOC[C@]12CCC(=O)C=C1CC[C@@H]1[C@@H]2CC[C@]2(C)[C@@H](OC(C)=O)CC[C@@H]12. The van der Waals surface area contributed by atoms with Gasteiger partial charge in [-0.3, -0.25) is 9.59 Å². The Balaban J connectivity index is 1.62. The van der Waals surface area contributed by atoms with Crippen LogP contribution in [0.4, 0.5) is 0 Å². The van der Waals surface area contributed by atoms with Gasteiger partial charge >= 0.3 is 5.97 Å². The van der Waals surface area contributed by atoms with E-state index >= 15 is 0 Å². The molecule has 0 aromatic rings. The lowest BCUT2D eigenvalue weighted by Gasteiger charge is -2.58. The summed E-state index contributed by atoms with van der Waals surface area (Å²) in [6, 6.07) is 0. The number of esters is 1. The van der Waals surface area contributed by atoms with E-state index in [-0.39, 0.29) is 22.9 Å². The van der Waals surface area contributed by atoms with Crippen molar-refractivity contribution in [2.24, 2.45) is 28.6 Å². The Bertz CT molecular complexity index is 674. The molecule has 3 fully saturated rings. The second-order valence-corrected chi connectivity index (χ2v) is 10.5. The Morgan fingerprint density at radius 2 is 2.00 bits per heavy atom. The van der Waals surface area contributed by atoms with Crippen LogP contribution in [0.3, 0.4) is 0 Å². The van der Waals surface area contributed by atoms with Crippen LogP contribution in [0, 0.1) is 28.6 Å². The lowest BCUT2D eigenvalue weighted by molar-refractivity contribution is -0.158. The first-order valence-corrected chi connectivity index (χ1v) is 12.3. The fourth-order valence-corrected chi connectivity index (χ4v) is 7.53. The molecular formula is C23H34O4S. The largest absolute Gasteiger partial charge is 0.462 e. The van der Waals surface area contributed by atoms with Crippen LogP contribution in [-0.2, 0) is 19.1 Å². The average Bonchev–Trinajstić information content (AvgIpc) is 2.98. The van der Waals surface area contributed by atoms with Crippen molar-refractivity contribution in [3.8, 4) is 0 Å². The van der Waals surface area contributed by atoms with Crippen LogP contribution in [0.5, 0.6) is 0 Å². The lowest BCUT2D eigenvalue weighted by atomic mass is 9.47. The normalized spacial score (nSPS) is 42.2. The zero-order valence-corrected chi connectivity index (χ0v) is 18.3. The van der Waals surface area contributed by atoms with Crippen LogP contribution in [0.1, 0.15) is 65.2 Å². The van der Waals surface area contributed by atoms with Crippen LogP contribution in [0.15, 0.2) is 11.6 Å². The van der Waals surface area contributed by atoms with Gasteiger partial charge in [0, 0.05) is 24.2 Å². The zero-order valence-electron chi connectivity index (χ0n) is 17.5. The summed E-state index contributed by atoms with van der Waals surface area (Å²) < 4.78 is 11.9. The topological polar surface area (TPSA) is 52.6 Å². The maximum absolute atomic E-state index is 12.2. The zero-order chi connectivity index (χ0) is 19.9. The van der Waals surface area contributed by atoms with Crippen molar-refractivity contribution in [2.75, 3.05) is 18.8 Å². The predicted octanol–water partition coefficient (Wildman–Crippen LogP) is 4.77. The Hall–Kier alpha value is -0.810. The summed E-state index contributed by atoms with van der Waals surface area (Å²) in [6.07, 6.45) is 12.3. The average molecular weight is 407 g/mol. The van der Waals surface area contributed by atoms with Gasteiger partial charge in [-0.15, -0.1) is 11.8 Å². The van der Waals surface area contributed by atoms with Crippen LogP contribution >= 0.6 is 11.8 Å². The highest BCUT2D eigenvalue weighted by atomic mass is 32.2. The van der Waals surface area contributed by atoms with Crippen LogP contribution in [-0.4, -0.2) is 36.7 Å². The third-order valence-electron chi connectivity index (χ3n) is 8.47. The predicted molar refractivity (Wildman–Crippen MR) is 111 cm³/mol. The first-order valence-electron chi connectivity index (χ1n) is 10.9. The van der Waals surface area contributed by atoms with E-state index in [1.54, 1.807) is 11.8 Å². The van der Waals surface area contributed by atoms with Gasteiger partial charge in [0.1, 0.15) is 6.10 Å². The minimum absolute atomic E-state index is 0.0490. The summed E-state index contributed by atoms with van der Waals surface area (Å²) >= 11 is 1.72. The van der Waals surface area contributed by atoms with Crippen molar-refractivity contribution in [1.82, 2.24) is 0 Å². The van der Waals surface area contributed by atoms with Crippen molar-refractivity contribution in [2.45, 2.75) is 71.3 Å². The van der Waals surface area contributed by atoms with Crippen LogP contribution < -0.4 is 0 Å². The Morgan fingerprint density at radius 3 is 2.75 bits per heavy atom. The van der Waals surface area contributed by atoms with Gasteiger partial charge in [-0.2, -0.15) is 0 Å². The first kappa shape index (κ1) is 20.5. The van der Waals surface area contributed by atoms with E-state index < -0.39 is 0 Å². The number of ketones is 1. The molecule has 0 N–H and O–H groups in total. The molecule has 3 saturated carbocycles. The molecule has 0 unspecified atom stereocenters. The summed E-state index contributed by atoms with van der Waals surface area (Å²) in [5.74, 6) is 2.74. The molecule has 28 heavy (non-hydrogen) atoms. The minimum atomic E-state index is -0.143. The van der Waals surface area contributed by atoms with Crippen LogP contribution in [0.2, 0.25) is 0 Å². The maximum Gasteiger partial charge on any atom is 0.302 e. The van der Waals surface area contributed by atoms with Crippen molar-refractivity contribution in [1.29, 1.82) is 0 Å². The highest BCUT2D eigenvalue weighted by Gasteiger charge is 2.61. The molecule has 0 heterocycles. The highest BCUT2D eigenvalue weighted by Crippen LogP contribution is 2.65. The van der Waals surface area contributed by atoms with E-state index in [0.29, 0.717) is 30.0 Å². The van der Waals surface area contributed by atoms with Gasteiger partial charge in [0.15, 0.2) is 5.78 Å². The number of hydrogen-bond donors (Lipinski definition) is 0. The maximum atomic E-state index is 12.2. The first-order chi connectivity index (χ1) is 13.4. The van der Waals surface area contributed by atoms with Gasteiger partial charge in [0.25, 0.3) is 0 Å². The molecule has 0 amide bonds. The molecule has 0 saturated heterocycles. The molecule has 0 aromatic heterocycles. The molecule has 0 radical (unpaired) electrons. The smallest absolute Gasteiger partial charge is 0.302 e. The summed E-state index contributed by atoms with van der Waals surface area (Å²) in [5, 5.41) is 0. The minimum Gasteiger partial charge on any atom is -0.462 e. The molecule has 0 aromatic carbocycles. The molecule has 4 nitrogen and oxygen atoms in total. The molecule has 4 aliphatic rings. The summed E-state index contributed by atoms with van der Waals surface area (Å²) in [5.41, 5.74) is 1.53. The van der Waals surface area contributed by atoms with E-state index in [4.69, 9.17) is 9.47 Å². The van der Waals surface area contributed by atoms with E-state index in [1.165, 1.54) is 18.9 Å². The molecule has 0 aliphatic heterocycles. The van der Waals surface area contributed by atoms with Gasteiger partial charge in [-0.05, 0) is 75.0 Å². The molecule has 156 valence electrons. The number of thioether (sulfide) groups is 1. The standard InChI is InChI=1S/C23H34O4S/c1-15(24)27-21-7-6-19-18-5-4-16-12-17(25)8-11-23(16,13-26-14-28-3)20(18)9-10-22(19,21)2/h12,18-21H,4-11,13-14H2,1-3H3/t18-,19-,20-,21-,22-,23+/m0/s1. The molecule has 0 bridgehead atoms. The number of carbonyl (C=O) groups is 2. The van der Waals surface area contributed by atoms with E-state index in [0.717, 1.165) is 51.1 Å². The quantitative estimate of drug-likeness (QED) is 0.374. The number of rotatable bonds is 5. The summed E-state index contributed by atoms with van der Waals surface area (Å²) in [7, 11) is 0. The molecule has 4 rings (SSSR count). The lowest BCUT2D eigenvalue weighted by Crippen LogP contribution is -2.54. The number of carbonyl (C=O) groups excluding carboxylic acids is 2. The van der Waals surface area contributed by atoms with E-state index in [2.05, 4.69) is 13.2 Å². The summed E-state index contributed by atoms with van der Waals surface area (Å²) in [6.45, 7) is 4.66. The van der Waals surface area contributed by atoms with Gasteiger partial charge in [-0.25, -0.2) is 0 Å². The van der Waals surface area contributed by atoms with Crippen molar-refractivity contribution < 1.29 is 19.1 Å². The Kier molecular flexibility index (Phi) is 5.69. The van der Waals surface area contributed by atoms with Gasteiger partial charge in [0.2, 0.25) is 0 Å². The monoisotopic (exact) mass is 406 g/mol. The molecule has 6 atom stereocenters. The van der Waals surface area contributed by atoms with E-state index in [9.17, 15) is 9.59 Å². The van der Waals surface area contributed by atoms with Crippen LogP contribution in [0.25, 0.3) is 0 Å². The van der Waals surface area contributed by atoms with E-state index in [1.807, 2.05) is 6.08 Å². The number of hydrogen-bond acceptors (Lipinski definition) is 5. The fraction of sp³-hybridized carbons (Fsp3) is 0.826. The van der Waals surface area contributed by atoms with Gasteiger partial charge in [-0.1, -0.05) is 12.5 Å². The molecule has 0 spiro atoms. The number of fused-ring (bicyclic) bond motifs is 5. The molecular weight excluding hydrogens is 372 g/mol. The highest BCUT2D eigenvalue weighted by molar-refractivity contribution is 7.98. The second-order valence-electron chi connectivity index (χ2n) is 9.68. The third kappa shape index (κ3) is 3.27. The van der Waals surface area contributed by atoms with Crippen molar-refractivity contribution in [3.05, 3.63) is 11.6 Å². The van der Waals surface area contributed by atoms with Gasteiger partial charge < -0.3 is 9.47 Å². The number of ether oxygens (including phenoxy) is 2. The fourth-order valence-electron chi connectivity index (χ4n) is 7.28. The van der Waals surface area contributed by atoms with Crippen molar-refractivity contribution >= 4 is 23.5 Å². The molecule has 5 heteroatoms.